The van der Waals surface area contributed by atoms with E-state index in [-0.39, 0.29) is 0 Å². The van der Waals surface area contributed by atoms with E-state index < -0.39 is 5.41 Å². The predicted molar refractivity (Wildman–Crippen MR) is 237 cm³/mol. The number of para-hydroxylation sites is 2. The summed E-state index contributed by atoms with van der Waals surface area (Å²) >= 11 is 0. The van der Waals surface area contributed by atoms with Crippen molar-refractivity contribution in [2.75, 3.05) is 0 Å². The predicted octanol–water partition coefficient (Wildman–Crippen LogP) is 14.0. The first-order chi connectivity index (χ1) is 28.7. The van der Waals surface area contributed by atoms with Crippen molar-refractivity contribution in [1.29, 1.82) is 0 Å². The molecule has 0 N–H and O–H groups in total. The summed E-state index contributed by atoms with van der Waals surface area (Å²) in [5.41, 5.74) is 19.9. The van der Waals surface area contributed by atoms with Crippen molar-refractivity contribution in [2.24, 2.45) is 0 Å². The van der Waals surface area contributed by atoms with Crippen molar-refractivity contribution in [3.05, 3.63) is 216 Å². The van der Waals surface area contributed by atoms with E-state index >= 15 is 0 Å². The summed E-state index contributed by atoms with van der Waals surface area (Å²) in [6.07, 6.45) is 0. The highest BCUT2D eigenvalue weighted by molar-refractivity contribution is 6.10. The molecule has 3 heterocycles. The Morgan fingerprint density at radius 2 is 0.828 bits per heavy atom. The van der Waals surface area contributed by atoms with Gasteiger partial charge in [-0.05, 0) is 74.3 Å². The third-order valence-corrected chi connectivity index (χ3v) is 12.7. The van der Waals surface area contributed by atoms with Crippen LogP contribution in [0.15, 0.2) is 199 Å². The number of pyridine rings is 2. The Hall–Kier alpha value is -7.62. The van der Waals surface area contributed by atoms with E-state index in [1.165, 1.54) is 44.5 Å². The largest absolute Gasteiger partial charge is 0.455 e. The SMILES string of the molecule is c1ccc2c(c1)-c1ccccc1C21c2ccccc2-c2ccc(-c3ccc4ccc5ccc(-c6ccc(-c7cccc8c7oc7ccccc78)cc6)nc5c4n3)cc21. The van der Waals surface area contributed by atoms with Crippen LogP contribution < -0.4 is 0 Å². The Kier molecular flexibility index (Phi) is 6.37. The second-order valence-corrected chi connectivity index (χ2v) is 15.6. The molecule has 2 aliphatic rings. The maximum absolute atomic E-state index is 6.35. The van der Waals surface area contributed by atoms with Crippen LogP contribution in [0.5, 0.6) is 0 Å². The quantitative estimate of drug-likeness (QED) is 0.170. The number of fused-ring (bicyclic) bond motifs is 16. The van der Waals surface area contributed by atoms with Gasteiger partial charge in [0, 0.05) is 38.2 Å². The molecule has 13 rings (SSSR count). The van der Waals surface area contributed by atoms with Gasteiger partial charge in [0.2, 0.25) is 0 Å². The van der Waals surface area contributed by atoms with Crippen LogP contribution in [0.2, 0.25) is 0 Å². The molecule has 2 aliphatic carbocycles. The van der Waals surface area contributed by atoms with Gasteiger partial charge in [-0.3, -0.25) is 0 Å². The molecule has 0 amide bonds. The van der Waals surface area contributed by atoms with E-state index in [0.29, 0.717) is 0 Å². The molecule has 0 aliphatic heterocycles. The summed E-state index contributed by atoms with van der Waals surface area (Å²) in [6.45, 7) is 0. The van der Waals surface area contributed by atoms with Crippen LogP contribution in [0.25, 0.3) is 99.6 Å². The van der Waals surface area contributed by atoms with Crippen LogP contribution in [0.1, 0.15) is 22.3 Å². The number of hydrogen-bond donors (Lipinski definition) is 0. The summed E-state index contributed by atoms with van der Waals surface area (Å²) in [4.78, 5) is 10.7. The summed E-state index contributed by atoms with van der Waals surface area (Å²) in [7, 11) is 0. The summed E-state index contributed by atoms with van der Waals surface area (Å²) in [6, 6.07) is 70.0. The van der Waals surface area contributed by atoms with Gasteiger partial charge in [0.1, 0.15) is 11.2 Å². The van der Waals surface area contributed by atoms with Gasteiger partial charge in [-0.2, -0.15) is 0 Å². The molecule has 11 aromatic rings. The monoisotopic (exact) mass is 736 g/mol. The number of nitrogens with zero attached hydrogens (tertiary/aromatic N) is 2. The zero-order valence-electron chi connectivity index (χ0n) is 31.3. The Morgan fingerprint density at radius 1 is 0.345 bits per heavy atom. The molecule has 0 radical (unpaired) electrons. The van der Waals surface area contributed by atoms with Crippen LogP contribution in [-0.2, 0) is 5.41 Å². The van der Waals surface area contributed by atoms with Crippen molar-refractivity contribution in [3.8, 4) is 55.9 Å². The van der Waals surface area contributed by atoms with Crippen molar-refractivity contribution in [3.63, 3.8) is 0 Å². The van der Waals surface area contributed by atoms with Gasteiger partial charge in [-0.15, -0.1) is 0 Å². The number of benzene rings is 8. The normalized spacial score (nSPS) is 13.3. The molecule has 0 bridgehead atoms. The second-order valence-electron chi connectivity index (χ2n) is 15.6. The lowest BCUT2D eigenvalue weighted by molar-refractivity contribution is 0.670. The Bertz CT molecular complexity index is 3460. The van der Waals surface area contributed by atoms with Crippen LogP contribution in [0, 0.1) is 0 Å². The fourth-order valence-corrected chi connectivity index (χ4v) is 10.1. The van der Waals surface area contributed by atoms with Gasteiger partial charge in [0.25, 0.3) is 0 Å². The van der Waals surface area contributed by atoms with E-state index in [2.05, 4.69) is 182 Å². The van der Waals surface area contributed by atoms with Crippen molar-refractivity contribution >= 4 is 43.7 Å². The molecule has 3 nitrogen and oxygen atoms in total. The highest BCUT2D eigenvalue weighted by Gasteiger charge is 2.51. The van der Waals surface area contributed by atoms with Crippen LogP contribution in [0.4, 0.5) is 0 Å². The lowest BCUT2D eigenvalue weighted by atomic mass is 9.70. The Morgan fingerprint density at radius 3 is 1.48 bits per heavy atom. The molecule has 58 heavy (non-hydrogen) atoms. The van der Waals surface area contributed by atoms with Crippen LogP contribution in [0.3, 0.4) is 0 Å². The number of hydrogen-bond acceptors (Lipinski definition) is 3. The van der Waals surface area contributed by atoms with E-state index in [9.17, 15) is 0 Å². The first-order valence-corrected chi connectivity index (χ1v) is 19.9. The first kappa shape index (κ1) is 31.6. The topological polar surface area (TPSA) is 38.9 Å². The van der Waals surface area contributed by atoms with E-state index in [1.54, 1.807) is 0 Å². The van der Waals surface area contributed by atoms with Gasteiger partial charge in [0.15, 0.2) is 0 Å². The molecule has 0 saturated carbocycles. The molecule has 268 valence electrons. The number of furan rings is 1. The van der Waals surface area contributed by atoms with Crippen molar-refractivity contribution in [1.82, 2.24) is 9.97 Å². The molecule has 1 spiro atoms. The average molecular weight is 737 g/mol. The fraction of sp³-hybridized carbons (Fsp3) is 0.0182. The Labute approximate surface area is 334 Å². The van der Waals surface area contributed by atoms with E-state index in [1.807, 2.05) is 12.1 Å². The zero-order valence-corrected chi connectivity index (χ0v) is 31.3. The van der Waals surface area contributed by atoms with Gasteiger partial charge >= 0.3 is 0 Å². The summed E-state index contributed by atoms with van der Waals surface area (Å²) in [5.74, 6) is 0. The third-order valence-electron chi connectivity index (χ3n) is 12.7. The third kappa shape index (κ3) is 4.22. The minimum Gasteiger partial charge on any atom is -0.455 e. The molecular weight excluding hydrogens is 705 g/mol. The molecule has 0 fully saturated rings. The second kappa shape index (κ2) is 11.7. The fourth-order valence-electron chi connectivity index (χ4n) is 10.1. The molecular formula is C55H32N2O. The first-order valence-electron chi connectivity index (χ1n) is 19.9. The van der Waals surface area contributed by atoms with Gasteiger partial charge in [-0.1, -0.05) is 170 Å². The van der Waals surface area contributed by atoms with Crippen molar-refractivity contribution < 1.29 is 4.42 Å². The molecule has 0 saturated heterocycles. The molecule has 0 atom stereocenters. The Balaban J connectivity index is 0.930. The molecule has 8 aromatic carbocycles. The minimum absolute atomic E-state index is 0.400. The lowest BCUT2D eigenvalue weighted by Crippen LogP contribution is -2.25. The molecule has 3 aromatic heterocycles. The van der Waals surface area contributed by atoms with Gasteiger partial charge in [-0.25, -0.2) is 9.97 Å². The minimum atomic E-state index is -0.400. The van der Waals surface area contributed by atoms with E-state index in [0.717, 1.165) is 77.4 Å². The average Bonchev–Trinajstić information content (AvgIpc) is 3.93. The smallest absolute Gasteiger partial charge is 0.143 e. The lowest BCUT2D eigenvalue weighted by Gasteiger charge is -2.30. The summed E-state index contributed by atoms with van der Waals surface area (Å²) < 4.78 is 6.35. The highest BCUT2D eigenvalue weighted by atomic mass is 16.3. The maximum atomic E-state index is 6.35. The van der Waals surface area contributed by atoms with Crippen LogP contribution in [-0.4, -0.2) is 9.97 Å². The standard InChI is InChI=1S/C55H32N2O/c1-5-16-45-39(10-1)40-11-2-6-17-46(40)55(45)47-18-7-3-12-41(47)42-29-26-37(32-48(42)55)50-31-28-36-25-24-35-27-30-49(56-52(35)53(36)57-50)34-22-20-33(21-23-34)38-14-9-15-44-43-13-4-8-19-51(43)58-54(38)44/h1-32H. The van der Waals surface area contributed by atoms with Crippen molar-refractivity contribution in [2.45, 2.75) is 5.41 Å². The summed E-state index contributed by atoms with van der Waals surface area (Å²) in [5, 5.41) is 4.40. The maximum Gasteiger partial charge on any atom is 0.143 e. The van der Waals surface area contributed by atoms with E-state index in [4.69, 9.17) is 14.4 Å². The van der Waals surface area contributed by atoms with Crippen LogP contribution >= 0.6 is 0 Å². The molecule has 3 heteroatoms. The number of rotatable bonds is 3. The van der Waals surface area contributed by atoms with Gasteiger partial charge < -0.3 is 4.42 Å². The van der Waals surface area contributed by atoms with Gasteiger partial charge in [0.05, 0.1) is 27.8 Å². The highest BCUT2D eigenvalue weighted by Crippen LogP contribution is 2.63. The molecule has 0 unspecified atom stereocenters. The number of aromatic nitrogens is 2. The zero-order chi connectivity index (χ0) is 38.0.